The first-order valence-corrected chi connectivity index (χ1v) is 7.39. The van der Waals surface area contributed by atoms with Crippen LogP contribution in [0, 0.1) is 10.1 Å². The fraction of sp³-hybridized carbons (Fsp3) is 0.538. The van der Waals surface area contributed by atoms with E-state index < -0.39 is 0 Å². The van der Waals surface area contributed by atoms with Crippen molar-refractivity contribution < 1.29 is 4.92 Å². The average Bonchev–Trinajstić information content (AvgIpc) is 2.85. The molecule has 18 heavy (non-hydrogen) atoms. The highest BCUT2D eigenvalue weighted by Crippen LogP contribution is 2.33. The third-order valence-electron chi connectivity index (χ3n) is 3.58. The maximum absolute atomic E-state index is 10.8. The molecule has 0 aliphatic carbocycles. The van der Waals surface area contributed by atoms with Crippen molar-refractivity contribution >= 4 is 27.3 Å². The highest BCUT2D eigenvalue weighted by Gasteiger charge is 2.25. The van der Waals surface area contributed by atoms with Crippen LogP contribution >= 0.6 is 15.9 Å². The minimum Gasteiger partial charge on any atom is -0.368 e. The molecule has 1 saturated heterocycles. The second kappa shape index (κ2) is 5.69. The van der Waals surface area contributed by atoms with Gasteiger partial charge in [0.2, 0.25) is 0 Å². The minimum atomic E-state index is -0.336. The highest BCUT2D eigenvalue weighted by atomic mass is 79.9. The van der Waals surface area contributed by atoms with E-state index >= 15 is 0 Å². The zero-order valence-electron chi connectivity index (χ0n) is 10.4. The van der Waals surface area contributed by atoms with Gasteiger partial charge >= 0.3 is 0 Å². The van der Waals surface area contributed by atoms with Crippen LogP contribution < -0.4 is 4.90 Å². The second-order valence-corrected chi connectivity index (χ2v) is 5.16. The first-order valence-electron chi connectivity index (χ1n) is 6.27. The van der Waals surface area contributed by atoms with Gasteiger partial charge in [-0.1, -0.05) is 22.9 Å². The number of nitro groups is 1. The number of hydrogen-bond acceptors (Lipinski definition) is 3. The highest BCUT2D eigenvalue weighted by molar-refractivity contribution is 9.08. The summed E-state index contributed by atoms with van der Waals surface area (Å²) in [5.74, 6) is 0. The molecule has 2 rings (SSSR count). The Balaban J connectivity index is 2.35. The molecule has 1 unspecified atom stereocenters. The molecule has 0 N–H and O–H groups in total. The number of halogens is 1. The van der Waals surface area contributed by atoms with E-state index in [0.717, 1.165) is 24.2 Å². The zero-order valence-corrected chi connectivity index (χ0v) is 12.0. The summed E-state index contributed by atoms with van der Waals surface area (Å²) in [6.45, 7) is 3.25. The van der Waals surface area contributed by atoms with E-state index in [4.69, 9.17) is 0 Å². The van der Waals surface area contributed by atoms with E-state index in [-0.39, 0.29) is 10.6 Å². The van der Waals surface area contributed by atoms with E-state index in [0.29, 0.717) is 11.4 Å². The lowest BCUT2D eigenvalue weighted by molar-refractivity contribution is -0.384. The molecule has 1 heterocycles. The lowest BCUT2D eigenvalue weighted by atomic mass is 10.1. The summed E-state index contributed by atoms with van der Waals surface area (Å²) in [4.78, 5) is 12.9. The number of nitro benzene ring substituents is 1. The van der Waals surface area contributed by atoms with E-state index in [9.17, 15) is 10.1 Å². The summed E-state index contributed by atoms with van der Waals surface area (Å²) < 4.78 is 0. The fourth-order valence-corrected chi connectivity index (χ4v) is 3.10. The lowest BCUT2D eigenvalue weighted by Gasteiger charge is -2.27. The van der Waals surface area contributed by atoms with E-state index in [2.05, 4.69) is 27.8 Å². The van der Waals surface area contributed by atoms with Crippen molar-refractivity contribution in [2.75, 3.05) is 11.4 Å². The minimum absolute atomic E-state index is 0.167. The molecule has 0 bridgehead atoms. The summed E-state index contributed by atoms with van der Waals surface area (Å²) in [7, 11) is 0. The molecule has 1 aliphatic heterocycles. The Bertz CT molecular complexity index is 451. The van der Waals surface area contributed by atoms with Crippen molar-refractivity contribution in [2.45, 2.75) is 37.6 Å². The monoisotopic (exact) mass is 312 g/mol. The average molecular weight is 313 g/mol. The Morgan fingerprint density at radius 1 is 1.56 bits per heavy atom. The molecule has 0 radical (unpaired) electrons. The number of anilines is 1. The molecule has 5 heteroatoms. The normalized spacial score (nSPS) is 19.2. The number of non-ortho nitro benzene ring substituents is 1. The SMILES string of the molecule is CCC1CCCN1c1ccc([N+](=O)[O-])cc1CBr. The van der Waals surface area contributed by atoms with Crippen molar-refractivity contribution in [2.24, 2.45) is 0 Å². The van der Waals surface area contributed by atoms with Crippen LogP contribution in [0.2, 0.25) is 0 Å². The summed E-state index contributed by atoms with van der Waals surface area (Å²) in [5.41, 5.74) is 2.31. The number of benzene rings is 1. The Morgan fingerprint density at radius 3 is 2.94 bits per heavy atom. The van der Waals surface area contributed by atoms with Gasteiger partial charge < -0.3 is 4.90 Å². The molecule has 1 fully saturated rings. The van der Waals surface area contributed by atoms with Crippen LogP contribution in [-0.2, 0) is 5.33 Å². The fourth-order valence-electron chi connectivity index (χ4n) is 2.65. The largest absolute Gasteiger partial charge is 0.368 e. The van der Waals surface area contributed by atoms with E-state index in [1.165, 1.54) is 12.8 Å². The van der Waals surface area contributed by atoms with Crippen LogP contribution in [0.3, 0.4) is 0 Å². The molecular weight excluding hydrogens is 296 g/mol. The van der Waals surface area contributed by atoms with Crippen LogP contribution in [0.15, 0.2) is 18.2 Å². The predicted molar refractivity (Wildman–Crippen MR) is 76.4 cm³/mol. The molecule has 1 aromatic carbocycles. The molecule has 1 atom stereocenters. The predicted octanol–water partition coefficient (Wildman–Crippen LogP) is 3.87. The van der Waals surface area contributed by atoms with Gasteiger partial charge in [-0.05, 0) is 30.9 Å². The number of hydrogen-bond donors (Lipinski definition) is 0. The van der Waals surface area contributed by atoms with Gasteiger partial charge in [0.05, 0.1) is 4.92 Å². The molecule has 1 aromatic rings. The van der Waals surface area contributed by atoms with Gasteiger partial charge in [0.25, 0.3) is 5.69 Å². The first-order chi connectivity index (χ1) is 8.67. The molecule has 1 aliphatic rings. The number of rotatable bonds is 4. The molecule has 0 saturated carbocycles. The standard InChI is InChI=1S/C13H17BrN2O2/c1-2-11-4-3-7-15(11)13-6-5-12(16(17)18)8-10(13)9-14/h5-6,8,11H,2-4,7,9H2,1H3. The van der Waals surface area contributed by atoms with Gasteiger partial charge in [0.15, 0.2) is 0 Å². The molecule has 0 amide bonds. The van der Waals surface area contributed by atoms with Crippen LogP contribution in [0.5, 0.6) is 0 Å². The number of nitrogens with zero attached hydrogens (tertiary/aromatic N) is 2. The topological polar surface area (TPSA) is 46.4 Å². The first kappa shape index (κ1) is 13.3. The molecule has 98 valence electrons. The Morgan fingerprint density at radius 2 is 2.33 bits per heavy atom. The number of alkyl halides is 1. The maximum Gasteiger partial charge on any atom is 0.269 e. The Labute approximate surface area is 115 Å². The summed E-state index contributed by atoms with van der Waals surface area (Å²) >= 11 is 3.43. The molecule has 4 nitrogen and oxygen atoms in total. The maximum atomic E-state index is 10.8. The lowest BCUT2D eigenvalue weighted by Crippen LogP contribution is -2.29. The molecule has 0 aromatic heterocycles. The van der Waals surface area contributed by atoms with Gasteiger partial charge in [-0.3, -0.25) is 10.1 Å². The van der Waals surface area contributed by atoms with Crippen molar-refractivity contribution in [3.8, 4) is 0 Å². The van der Waals surface area contributed by atoms with Gasteiger partial charge in [0, 0.05) is 35.7 Å². The van der Waals surface area contributed by atoms with E-state index in [1.807, 2.05) is 6.07 Å². The van der Waals surface area contributed by atoms with Crippen LogP contribution in [0.25, 0.3) is 0 Å². The van der Waals surface area contributed by atoms with Crippen molar-refractivity contribution in [3.05, 3.63) is 33.9 Å². The Kier molecular flexibility index (Phi) is 4.22. The summed E-state index contributed by atoms with van der Waals surface area (Å²) in [5, 5.41) is 11.4. The van der Waals surface area contributed by atoms with Gasteiger partial charge in [-0.15, -0.1) is 0 Å². The van der Waals surface area contributed by atoms with Crippen molar-refractivity contribution in [1.82, 2.24) is 0 Å². The quantitative estimate of drug-likeness (QED) is 0.481. The van der Waals surface area contributed by atoms with Crippen LogP contribution in [0.1, 0.15) is 31.7 Å². The van der Waals surface area contributed by atoms with Gasteiger partial charge in [-0.2, -0.15) is 0 Å². The second-order valence-electron chi connectivity index (χ2n) is 4.60. The third kappa shape index (κ3) is 2.51. The molecular formula is C13H17BrN2O2. The van der Waals surface area contributed by atoms with Crippen LogP contribution in [-0.4, -0.2) is 17.5 Å². The van der Waals surface area contributed by atoms with Crippen molar-refractivity contribution in [1.29, 1.82) is 0 Å². The summed E-state index contributed by atoms with van der Waals surface area (Å²) in [6, 6.07) is 5.74. The smallest absolute Gasteiger partial charge is 0.269 e. The van der Waals surface area contributed by atoms with Crippen LogP contribution in [0.4, 0.5) is 11.4 Å². The third-order valence-corrected chi connectivity index (χ3v) is 4.18. The van der Waals surface area contributed by atoms with E-state index in [1.54, 1.807) is 12.1 Å². The van der Waals surface area contributed by atoms with Gasteiger partial charge in [0.1, 0.15) is 0 Å². The van der Waals surface area contributed by atoms with Gasteiger partial charge in [-0.25, -0.2) is 0 Å². The summed E-state index contributed by atoms with van der Waals surface area (Å²) in [6.07, 6.45) is 3.55. The molecule has 0 spiro atoms. The zero-order chi connectivity index (χ0) is 13.1. The van der Waals surface area contributed by atoms with Crippen molar-refractivity contribution in [3.63, 3.8) is 0 Å². The Hall–Kier alpha value is -1.10.